The lowest BCUT2D eigenvalue weighted by atomic mass is 9.89. The highest BCUT2D eigenvalue weighted by molar-refractivity contribution is 6.76. The fourth-order valence-corrected chi connectivity index (χ4v) is 7.35. The summed E-state index contributed by atoms with van der Waals surface area (Å²) in [5, 5.41) is 5.01. The molecule has 0 spiro atoms. The van der Waals surface area contributed by atoms with Gasteiger partial charge in [0, 0.05) is 72.4 Å². The van der Waals surface area contributed by atoms with Gasteiger partial charge < -0.3 is 29.0 Å². The number of piperazine rings is 1. The largest absolute Gasteiger partial charge is 0.444 e. The summed E-state index contributed by atoms with van der Waals surface area (Å²) in [4.78, 5) is 26.5. The molecule has 1 amide bonds. The SMILES string of the molecule is CC(C)(C)OC(=O)N1CCN(C2CCC(Nc3ncnc4c3c(C3CCOCC3)cn4COCC[Si](C)(C)C)CC2)CC1. The number of hydrogen-bond donors (Lipinski definition) is 1. The van der Waals surface area contributed by atoms with Crippen LogP contribution in [0.15, 0.2) is 12.5 Å². The summed E-state index contributed by atoms with van der Waals surface area (Å²) in [7, 11) is -1.14. The van der Waals surface area contributed by atoms with Gasteiger partial charge in [-0.2, -0.15) is 0 Å². The van der Waals surface area contributed by atoms with E-state index in [4.69, 9.17) is 24.2 Å². The number of hydrogen-bond acceptors (Lipinski definition) is 8. The minimum absolute atomic E-state index is 0.191. The van der Waals surface area contributed by atoms with Gasteiger partial charge in [0.2, 0.25) is 0 Å². The molecule has 240 valence electrons. The number of nitrogens with zero attached hydrogens (tertiary/aromatic N) is 5. The van der Waals surface area contributed by atoms with Gasteiger partial charge in [-0.15, -0.1) is 0 Å². The quantitative estimate of drug-likeness (QED) is 0.275. The predicted molar refractivity (Wildman–Crippen MR) is 173 cm³/mol. The average molecular weight is 615 g/mol. The molecule has 2 aromatic heterocycles. The second-order valence-electron chi connectivity index (χ2n) is 14.9. The molecule has 0 aromatic carbocycles. The minimum atomic E-state index is -1.14. The van der Waals surface area contributed by atoms with Crippen molar-refractivity contribution in [3.05, 3.63) is 18.1 Å². The Hall–Kier alpha value is -2.21. The van der Waals surface area contributed by atoms with Crippen LogP contribution in [0.25, 0.3) is 11.0 Å². The molecule has 10 nitrogen and oxygen atoms in total. The Labute approximate surface area is 258 Å². The predicted octanol–water partition coefficient (Wildman–Crippen LogP) is 5.91. The Balaban J connectivity index is 1.21. The summed E-state index contributed by atoms with van der Waals surface area (Å²) < 4.78 is 19.6. The maximum absolute atomic E-state index is 12.5. The van der Waals surface area contributed by atoms with Crippen LogP contribution in [0.1, 0.15) is 70.8 Å². The first-order valence-electron chi connectivity index (χ1n) is 16.4. The zero-order valence-corrected chi connectivity index (χ0v) is 28.4. The summed E-state index contributed by atoms with van der Waals surface area (Å²) in [6.07, 6.45) is 10.3. The molecule has 2 aliphatic heterocycles. The maximum atomic E-state index is 12.5. The van der Waals surface area contributed by atoms with Crippen molar-refractivity contribution in [2.45, 2.75) is 115 Å². The first-order valence-corrected chi connectivity index (χ1v) is 20.2. The second-order valence-corrected chi connectivity index (χ2v) is 20.5. The Morgan fingerprint density at radius 1 is 1.02 bits per heavy atom. The molecule has 2 aromatic rings. The van der Waals surface area contributed by atoms with Crippen LogP contribution in [0.4, 0.5) is 10.6 Å². The smallest absolute Gasteiger partial charge is 0.410 e. The Morgan fingerprint density at radius 2 is 1.72 bits per heavy atom. The summed E-state index contributed by atoms with van der Waals surface area (Å²) in [5.74, 6) is 1.41. The molecule has 5 rings (SSSR count). The fraction of sp³-hybridized carbons (Fsp3) is 0.781. The van der Waals surface area contributed by atoms with Crippen molar-refractivity contribution < 1.29 is 19.0 Å². The standard InChI is InChI=1S/C32H54N6O4Si/c1-32(2,3)42-31(39)37-15-13-36(14-16-37)26-9-7-25(8-10-26)35-29-28-27(24-11-17-40-18-12-24)21-38(30(28)34-22-33-29)23-41-19-20-43(4,5)6/h21-22,24-26H,7-20,23H2,1-6H3,(H,33,34,35). The van der Waals surface area contributed by atoms with Gasteiger partial charge in [0.1, 0.15) is 30.1 Å². The molecule has 3 fully saturated rings. The van der Waals surface area contributed by atoms with E-state index in [1.165, 1.54) is 5.56 Å². The highest BCUT2D eigenvalue weighted by Gasteiger charge is 2.32. The van der Waals surface area contributed by atoms with Gasteiger partial charge in [0.25, 0.3) is 0 Å². The molecule has 2 saturated heterocycles. The number of anilines is 1. The van der Waals surface area contributed by atoms with E-state index in [2.05, 4.69) is 40.6 Å². The van der Waals surface area contributed by atoms with Crippen molar-refractivity contribution in [3.63, 3.8) is 0 Å². The van der Waals surface area contributed by atoms with Crippen LogP contribution >= 0.6 is 0 Å². The molecular formula is C32H54N6O4Si. The molecule has 1 aliphatic carbocycles. The first-order chi connectivity index (χ1) is 20.5. The molecule has 11 heteroatoms. The molecule has 1 saturated carbocycles. The van der Waals surface area contributed by atoms with Crippen molar-refractivity contribution in [2.75, 3.05) is 51.3 Å². The highest BCUT2D eigenvalue weighted by Crippen LogP contribution is 2.37. The van der Waals surface area contributed by atoms with Crippen LogP contribution in [0.2, 0.25) is 25.7 Å². The van der Waals surface area contributed by atoms with Gasteiger partial charge in [0.05, 0.1) is 5.39 Å². The Kier molecular flexibility index (Phi) is 10.4. The fourth-order valence-electron chi connectivity index (χ4n) is 6.60. The number of aromatic nitrogens is 3. The number of ether oxygens (including phenoxy) is 3. The van der Waals surface area contributed by atoms with Gasteiger partial charge in [-0.05, 0) is 76.8 Å². The monoisotopic (exact) mass is 614 g/mol. The molecule has 3 aliphatic rings. The Morgan fingerprint density at radius 3 is 2.37 bits per heavy atom. The Bertz CT molecular complexity index is 1200. The molecule has 4 heterocycles. The number of fused-ring (bicyclic) bond motifs is 1. The molecule has 1 N–H and O–H groups in total. The van der Waals surface area contributed by atoms with Crippen molar-refractivity contribution in [2.24, 2.45) is 0 Å². The van der Waals surface area contributed by atoms with E-state index in [1.807, 2.05) is 25.7 Å². The van der Waals surface area contributed by atoms with Gasteiger partial charge >= 0.3 is 6.09 Å². The van der Waals surface area contributed by atoms with Gasteiger partial charge in [-0.1, -0.05) is 19.6 Å². The number of amides is 1. The van der Waals surface area contributed by atoms with Crippen LogP contribution in [0.5, 0.6) is 0 Å². The van der Waals surface area contributed by atoms with Crippen molar-refractivity contribution in [1.82, 2.24) is 24.3 Å². The van der Waals surface area contributed by atoms with Crippen LogP contribution in [-0.2, 0) is 20.9 Å². The molecule has 0 bridgehead atoms. The second kappa shape index (κ2) is 13.8. The van der Waals surface area contributed by atoms with E-state index in [-0.39, 0.29) is 6.09 Å². The average Bonchev–Trinajstić information content (AvgIpc) is 3.34. The van der Waals surface area contributed by atoms with Crippen LogP contribution < -0.4 is 5.32 Å². The third-order valence-corrected chi connectivity index (χ3v) is 10.8. The van der Waals surface area contributed by atoms with Crippen LogP contribution in [0, 0.1) is 0 Å². The summed E-state index contributed by atoms with van der Waals surface area (Å²) >= 11 is 0. The summed E-state index contributed by atoms with van der Waals surface area (Å²) in [6.45, 7) is 19.1. The zero-order valence-electron chi connectivity index (χ0n) is 27.4. The van der Waals surface area contributed by atoms with Gasteiger partial charge in [-0.25, -0.2) is 14.8 Å². The highest BCUT2D eigenvalue weighted by atomic mass is 28.3. The minimum Gasteiger partial charge on any atom is -0.444 e. The van der Waals surface area contributed by atoms with E-state index in [0.29, 0.717) is 24.7 Å². The lowest BCUT2D eigenvalue weighted by molar-refractivity contribution is 0.00806. The van der Waals surface area contributed by atoms with E-state index in [9.17, 15) is 4.79 Å². The third-order valence-electron chi connectivity index (χ3n) is 9.09. The number of carbonyl (C=O) groups excluding carboxylic acids is 1. The van der Waals surface area contributed by atoms with Crippen molar-refractivity contribution in [1.29, 1.82) is 0 Å². The van der Waals surface area contributed by atoms with Crippen molar-refractivity contribution in [3.8, 4) is 0 Å². The number of nitrogens with one attached hydrogen (secondary N) is 1. The molecule has 0 unspecified atom stereocenters. The number of rotatable bonds is 9. The molecule has 0 radical (unpaired) electrons. The summed E-state index contributed by atoms with van der Waals surface area (Å²) in [6, 6.07) is 2.11. The van der Waals surface area contributed by atoms with E-state index in [0.717, 1.165) is 107 Å². The normalized spacial score (nSPS) is 23.1. The topological polar surface area (TPSA) is 94.0 Å². The molecule has 43 heavy (non-hydrogen) atoms. The maximum Gasteiger partial charge on any atom is 0.410 e. The van der Waals surface area contributed by atoms with E-state index in [1.54, 1.807) is 6.33 Å². The van der Waals surface area contributed by atoms with Crippen molar-refractivity contribution >= 4 is 31.0 Å². The summed E-state index contributed by atoms with van der Waals surface area (Å²) in [5.41, 5.74) is 1.83. The molecule has 0 atom stereocenters. The van der Waals surface area contributed by atoms with Gasteiger partial charge in [0.15, 0.2) is 0 Å². The number of carbonyl (C=O) groups is 1. The first kappa shape index (κ1) is 32.2. The lowest BCUT2D eigenvalue weighted by Gasteiger charge is -2.42. The van der Waals surface area contributed by atoms with Crippen LogP contribution in [0.3, 0.4) is 0 Å². The zero-order chi connectivity index (χ0) is 30.6. The van der Waals surface area contributed by atoms with Crippen LogP contribution in [-0.4, -0.2) is 102 Å². The lowest BCUT2D eigenvalue weighted by Crippen LogP contribution is -2.53. The molecular weight excluding hydrogens is 560 g/mol. The van der Waals surface area contributed by atoms with E-state index < -0.39 is 13.7 Å². The van der Waals surface area contributed by atoms with E-state index >= 15 is 0 Å². The third kappa shape index (κ3) is 8.70. The van der Waals surface area contributed by atoms with Gasteiger partial charge in [-0.3, -0.25) is 4.90 Å².